The van der Waals surface area contributed by atoms with Gasteiger partial charge in [0.2, 0.25) is 0 Å². The predicted octanol–water partition coefficient (Wildman–Crippen LogP) is 0.143. The summed E-state index contributed by atoms with van der Waals surface area (Å²) in [5, 5.41) is 26.3. The van der Waals surface area contributed by atoms with Crippen molar-refractivity contribution in [3.8, 4) is 0 Å². The molecule has 0 saturated carbocycles. The zero-order valence-corrected chi connectivity index (χ0v) is 10.7. The van der Waals surface area contributed by atoms with Crippen LogP contribution in [0.25, 0.3) is 0 Å². The summed E-state index contributed by atoms with van der Waals surface area (Å²) in [6.07, 6.45) is 5.50. The molecule has 1 aliphatic rings. The van der Waals surface area contributed by atoms with E-state index in [1.54, 1.807) is 0 Å². The quantitative estimate of drug-likeness (QED) is 0.563. The summed E-state index contributed by atoms with van der Waals surface area (Å²) in [6.45, 7) is 2.67. The Morgan fingerprint density at radius 2 is 2.21 bits per heavy atom. The molecule has 2 heterocycles. The normalized spacial score (nSPS) is 18.4. The minimum absolute atomic E-state index is 0.0591. The molecular formula is C11H19N5O3. The average Bonchev–Trinajstić information content (AvgIpc) is 2.86. The molecule has 1 unspecified atom stereocenters. The molecule has 0 bridgehead atoms. The van der Waals surface area contributed by atoms with Crippen LogP contribution in [0, 0.1) is 10.1 Å². The van der Waals surface area contributed by atoms with Crippen LogP contribution in [0.15, 0.2) is 12.4 Å². The van der Waals surface area contributed by atoms with Crippen molar-refractivity contribution < 1.29 is 10.0 Å². The first-order valence-electron chi connectivity index (χ1n) is 6.48. The Balaban J connectivity index is 1.73. The minimum atomic E-state index is -0.624. The van der Waals surface area contributed by atoms with Gasteiger partial charge < -0.3 is 5.11 Å². The van der Waals surface area contributed by atoms with Crippen LogP contribution in [0.1, 0.15) is 19.3 Å². The van der Waals surface area contributed by atoms with E-state index in [0.717, 1.165) is 13.1 Å². The SMILES string of the molecule is O=[N+]([O-])c1cnn(CC(O)CNN2CCCCC2)c1. The van der Waals surface area contributed by atoms with E-state index in [-0.39, 0.29) is 12.2 Å². The molecule has 0 amide bonds. The summed E-state index contributed by atoms with van der Waals surface area (Å²) in [6, 6.07) is 0. The molecule has 1 saturated heterocycles. The van der Waals surface area contributed by atoms with Gasteiger partial charge >= 0.3 is 5.69 Å². The third-order valence-corrected chi connectivity index (χ3v) is 3.13. The van der Waals surface area contributed by atoms with Crippen molar-refractivity contribution in [1.29, 1.82) is 0 Å². The third-order valence-electron chi connectivity index (χ3n) is 3.13. The molecule has 8 heteroatoms. The van der Waals surface area contributed by atoms with Crippen LogP contribution in [0.4, 0.5) is 5.69 Å². The van der Waals surface area contributed by atoms with Gasteiger partial charge in [-0.05, 0) is 12.8 Å². The molecule has 106 valence electrons. The average molecular weight is 269 g/mol. The van der Waals surface area contributed by atoms with Crippen LogP contribution in [-0.2, 0) is 6.54 Å². The highest BCUT2D eigenvalue weighted by Gasteiger charge is 2.14. The van der Waals surface area contributed by atoms with Crippen LogP contribution >= 0.6 is 0 Å². The molecule has 2 N–H and O–H groups in total. The number of aliphatic hydroxyl groups is 1. The Labute approximate surface area is 111 Å². The van der Waals surface area contributed by atoms with Gasteiger partial charge in [0.15, 0.2) is 0 Å². The lowest BCUT2D eigenvalue weighted by atomic mass is 10.2. The molecular weight excluding hydrogens is 250 g/mol. The number of rotatable bonds is 6. The summed E-state index contributed by atoms with van der Waals surface area (Å²) in [4.78, 5) is 10.0. The molecule has 1 aromatic heterocycles. The van der Waals surface area contributed by atoms with Crippen LogP contribution < -0.4 is 5.43 Å². The second-order valence-corrected chi connectivity index (χ2v) is 4.74. The lowest BCUT2D eigenvalue weighted by Crippen LogP contribution is -2.45. The van der Waals surface area contributed by atoms with Gasteiger partial charge in [-0.1, -0.05) is 6.42 Å². The smallest absolute Gasteiger partial charge is 0.306 e. The highest BCUT2D eigenvalue weighted by Crippen LogP contribution is 2.08. The molecule has 0 aromatic carbocycles. The second kappa shape index (κ2) is 6.60. The number of hydrazine groups is 1. The zero-order valence-electron chi connectivity index (χ0n) is 10.7. The second-order valence-electron chi connectivity index (χ2n) is 4.74. The maximum atomic E-state index is 10.5. The summed E-state index contributed by atoms with van der Waals surface area (Å²) in [7, 11) is 0. The van der Waals surface area contributed by atoms with Crippen molar-refractivity contribution in [2.45, 2.75) is 31.9 Å². The lowest BCUT2D eigenvalue weighted by Gasteiger charge is -2.28. The molecule has 1 atom stereocenters. The van der Waals surface area contributed by atoms with Crippen molar-refractivity contribution in [3.63, 3.8) is 0 Å². The number of aromatic nitrogens is 2. The Bertz CT molecular complexity index is 416. The van der Waals surface area contributed by atoms with Gasteiger partial charge in [-0.3, -0.25) is 20.2 Å². The molecule has 8 nitrogen and oxygen atoms in total. The molecule has 1 fully saturated rings. The summed E-state index contributed by atoms with van der Waals surface area (Å²) in [5.74, 6) is 0. The van der Waals surface area contributed by atoms with E-state index >= 15 is 0 Å². The van der Waals surface area contributed by atoms with Crippen LogP contribution in [0.5, 0.6) is 0 Å². The fourth-order valence-corrected chi connectivity index (χ4v) is 2.11. The molecule has 0 aliphatic carbocycles. The maximum absolute atomic E-state index is 10.5. The number of piperidine rings is 1. The van der Waals surface area contributed by atoms with Gasteiger partial charge in [0, 0.05) is 19.6 Å². The highest BCUT2D eigenvalue weighted by atomic mass is 16.6. The number of hydrogen-bond donors (Lipinski definition) is 2. The molecule has 0 spiro atoms. The van der Waals surface area contributed by atoms with Gasteiger partial charge in [0.05, 0.1) is 17.6 Å². The van der Waals surface area contributed by atoms with Crippen molar-refractivity contribution in [2.75, 3.05) is 19.6 Å². The van der Waals surface area contributed by atoms with Crippen molar-refractivity contribution >= 4 is 5.69 Å². The van der Waals surface area contributed by atoms with Crippen LogP contribution in [0.3, 0.4) is 0 Å². The summed E-state index contributed by atoms with van der Waals surface area (Å²) >= 11 is 0. The third kappa shape index (κ3) is 4.27. The number of nitrogens with one attached hydrogen (secondary N) is 1. The van der Waals surface area contributed by atoms with E-state index in [4.69, 9.17) is 0 Å². The Kier molecular flexibility index (Phi) is 4.83. The Morgan fingerprint density at radius 3 is 2.84 bits per heavy atom. The molecule has 2 rings (SSSR count). The van der Waals surface area contributed by atoms with E-state index in [1.165, 1.54) is 36.3 Å². The lowest BCUT2D eigenvalue weighted by molar-refractivity contribution is -0.385. The standard InChI is InChI=1S/C11H19N5O3/c17-11(7-13-14-4-2-1-3-5-14)9-15-8-10(6-12-15)16(18)19/h6,8,11,13,17H,1-5,7,9H2. The van der Waals surface area contributed by atoms with E-state index in [2.05, 4.69) is 15.5 Å². The van der Waals surface area contributed by atoms with Gasteiger partial charge in [0.1, 0.15) is 12.4 Å². The molecule has 0 radical (unpaired) electrons. The molecule has 1 aromatic rings. The van der Waals surface area contributed by atoms with Crippen molar-refractivity contribution in [3.05, 3.63) is 22.5 Å². The number of hydrogen-bond acceptors (Lipinski definition) is 6. The number of nitrogens with zero attached hydrogens (tertiary/aromatic N) is 4. The Hall–Kier alpha value is -1.51. The monoisotopic (exact) mass is 269 g/mol. The van der Waals surface area contributed by atoms with Gasteiger partial charge in [-0.2, -0.15) is 5.10 Å². The fraction of sp³-hybridized carbons (Fsp3) is 0.727. The molecule has 1 aliphatic heterocycles. The largest absolute Gasteiger partial charge is 0.390 e. The minimum Gasteiger partial charge on any atom is -0.390 e. The zero-order chi connectivity index (χ0) is 13.7. The summed E-state index contributed by atoms with van der Waals surface area (Å²) in [5.41, 5.74) is 3.12. The van der Waals surface area contributed by atoms with E-state index in [0.29, 0.717) is 6.54 Å². The van der Waals surface area contributed by atoms with Gasteiger partial charge in [-0.15, -0.1) is 0 Å². The van der Waals surface area contributed by atoms with E-state index in [1.807, 2.05) is 0 Å². The van der Waals surface area contributed by atoms with E-state index in [9.17, 15) is 15.2 Å². The maximum Gasteiger partial charge on any atom is 0.306 e. The molecule has 19 heavy (non-hydrogen) atoms. The highest BCUT2D eigenvalue weighted by molar-refractivity contribution is 5.20. The van der Waals surface area contributed by atoms with Gasteiger partial charge in [0.25, 0.3) is 0 Å². The van der Waals surface area contributed by atoms with E-state index < -0.39 is 11.0 Å². The van der Waals surface area contributed by atoms with Crippen LogP contribution in [0.2, 0.25) is 0 Å². The number of nitro groups is 1. The topological polar surface area (TPSA) is 96.5 Å². The van der Waals surface area contributed by atoms with Crippen molar-refractivity contribution in [2.24, 2.45) is 0 Å². The number of aliphatic hydroxyl groups excluding tert-OH is 1. The fourth-order valence-electron chi connectivity index (χ4n) is 2.11. The van der Waals surface area contributed by atoms with Crippen molar-refractivity contribution in [1.82, 2.24) is 20.2 Å². The first-order chi connectivity index (χ1) is 9.15. The first kappa shape index (κ1) is 13.9. The van der Waals surface area contributed by atoms with Crippen LogP contribution in [-0.4, -0.2) is 50.6 Å². The van der Waals surface area contributed by atoms with Gasteiger partial charge in [-0.25, -0.2) is 5.01 Å². The first-order valence-corrected chi connectivity index (χ1v) is 6.48. The summed E-state index contributed by atoms with van der Waals surface area (Å²) < 4.78 is 1.39. The Morgan fingerprint density at radius 1 is 1.47 bits per heavy atom. The predicted molar refractivity (Wildman–Crippen MR) is 68.3 cm³/mol.